The van der Waals surface area contributed by atoms with Crippen LogP contribution < -0.4 is 5.32 Å². The lowest BCUT2D eigenvalue weighted by Gasteiger charge is -2.08. The Bertz CT molecular complexity index is 555. The van der Waals surface area contributed by atoms with Crippen LogP contribution in [0.25, 0.3) is 0 Å². The number of imidazole rings is 1. The van der Waals surface area contributed by atoms with Crippen LogP contribution in [-0.4, -0.2) is 15.5 Å². The summed E-state index contributed by atoms with van der Waals surface area (Å²) in [6.07, 6.45) is 3.74. The van der Waals surface area contributed by atoms with Gasteiger partial charge in [-0.1, -0.05) is 26.0 Å². The first-order valence-electron chi connectivity index (χ1n) is 6.41. The molecule has 0 fully saturated rings. The van der Waals surface area contributed by atoms with Crippen molar-refractivity contribution in [2.45, 2.75) is 26.2 Å². The molecule has 1 heterocycles. The van der Waals surface area contributed by atoms with Crippen molar-refractivity contribution in [3.63, 3.8) is 0 Å². The molecule has 0 bridgehead atoms. The number of nitrogens with zero attached hydrogens (tertiary/aromatic N) is 2. The predicted octanol–water partition coefficient (Wildman–Crippen LogP) is 2.72. The van der Waals surface area contributed by atoms with E-state index >= 15 is 0 Å². The maximum atomic E-state index is 11.9. The Morgan fingerprint density at radius 1 is 1.32 bits per heavy atom. The molecule has 2 rings (SSSR count). The molecular formula is C15H19N3O. The number of hydrogen-bond donors (Lipinski definition) is 1. The van der Waals surface area contributed by atoms with Crippen LogP contribution in [0.15, 0.2) is 36.8 Å². The highest BCUT2D eigenvalue weighted by molar-refractivity contribution is 5.92. The molecule has 2 aromatic rings. The number of anilines is 1. The van der Waals surface area contributed by atoms with Crippen LogP contribution >= 0.6 is 0 Å². The van der Waals surface area contributed by atoms with Crippen molar-refractivity contribution in [2.24, 2.45) is 7.05 Å². The smallest absolute Gasteiger partial charge is 0.230 e. The van der Waals surface area contributed by atoms with E-state index in [1.807, 2.05) is 35.9 Å². The van der Waals surface area contributed by atoms with Gasteiger partial charge in [0.05, 0.1) is 12.7 Å². The van der Waals surface area contributed by atoms with Crippen molar-refractivity contribution in [3.05, 3.63) is 48.0 Å². The third kappa shape index (κ3) is 3.44. The topological polar surface area (TPSA) is 46.9 Å². The third-order valence-corrected chi connectivity index (χ3v) is 3.12. The lowest BCUT2D eigenvalue weighted by Crippen LogP contribution is -2.16. The summed E-state index contributed by atoms with van der Waals surface area (Å²) < 4.78 is 1.85. The lowest BCUT2D eigenvalue weighted by molar-refractivity contribution is -0.115. The van der Waals surface area contributed by atoms with Crippen molar-refractivity contribution in [1.82, 2.24) is 9.55 Å². The van der Waals surface area contributed by atoms with E-state index in [1.165, 1.54) is 5.56 Å². The van der Waals surface area contributed by atoms with Gasteiger partial charge in [0, 0.05) is 24.6 Å². The van der Waals surface area contributed by atoms with Gasteiger partial charge in [-0.25, -0.2) is 4.98 Å². The van der Waals surface area contributed by atoms with E-state index in [0.29, 0.717) is 12.3 Å². The monoisotopic (exact) mass is 257 g/mol. The third-order valence-electron chi connectivity index (χ3n) is 3.12. The molecule has 1 aromatic heterocycles. The molecule has 0 saturated carbocycles. The molecule has 4 heteroatoms. The van der Waals surface area contributed by atoms with Crippen molar-refractivity contribution < 1.29 is 4.79 Å². The fourth-order valence-corrected chi connectivity index (χ4v) is 1.88. The van der Waals surface area contributed by atoms with Gasteiger partial charge in [0.15, 0.2) is 0 Å². The van der Waals surface area contributed by atoms with Gasteiger partial charge in [-0.2, -0.15) is 0 Å². The van der Waals surface area contributed by atoms with Gasteiger partial charge in [-0.15, -0.1) is 0 Å². The average molecular weight is 257 g/mol. The van der Waals surface area contributed by atoms with Crippen LogP contribution in [0.3, 0.4) is 0 Å². The Labute approximate surface area is 113 Å². The fraction of sp³-hybridized carbons (Fsp3) is 0.333. The van der Waals surface area contributed by atoms with E-state index in [0.717, 1.165) is 11.4 Å². The highest BCUT2D eigenvalue weighted by atomic mass is 16.1. The Morgan fingerprint density at radius 3 is 2.53 bits per heavy atom. The van der Waals surface area contributed by atoms with Gasteiger partial charge in [-0.05, 0) is 23.6 Å². The zero-order valence-electron chi connectivity index (χ0n) is 11.6. The van der Waals surface area contributed by atoms with E-state index in [2.05, 4.69) is 24.1 Å². The van der Waals surface area contributed by atoms with Crippen molar-refractivity contribution in [3.8, 4) is 0 Å². The van der Waals surface area contributed by atoms with Gasteiger partial charge in [-0.3, -0.25) is 4.79 Å². The number of amides is 1. The lowest BCUT2D eigenvalue weighted by atomic mass is 10.0. The largest absolute Gasteiger partial charge is 0.337 e. The highest BCUT2D eigenvalue weighted by Gasteiger charge is 2.07. The number of hydrogen-bond acceptors (Lipinski definition) is 2. The summed E-state index contributed by atoms with van der Waals surface area (Å²) in [4.78, 5) is 15.9. The van der Waals surface area contributed by atoms with Gasteiger partial charge >= 0.3 is 0 Å². The van der Waals surface area contributed by atoms with E-state index in [9.17, 15) is 4.79 Å². The minimum absolute atomic E-state index is 0.0269. The van der Waals surface area contributed by atoms with Crippen LogP contribution in [0.4, 0.5) is 5.69 Å². The minimum atomic E-state index is -0.0269. The van der Waals surface area contributed by atoms with Crippen molar-refractivity contribution in [1.29, 1.82) is 0 Å². The Hall–Kier alpha value is -2.10. The molecule has 0 aliphatic rings. The van der Waals surface area contributed by atoms with E-state index in [1.54, 1.807) is 12.5 Å². The Balaban J connectivity index is 1.97. The van der Waals surface area contributed by atoms with E-state index in [4.69, 9.17) is 0 Å². The summed E-state index contributed by atoms with van der Waals surface area (Å²) in [5.41, 5.74) is 3.00. The summed E-state index contributed by atoms with van der Waals surface area (Å²) in [7, 11) is 1.88. The normalized spacial score (nSPS) is 10.7. The second kappa shape index (κ2) is 5.69. The molecule has 100 valence electrons. The molecule has 0 saturated heterocycles. The number of aromatic nitrogens is 2. The molecule has 19 heavy (non-hydrogen) atoms. The molecular weight excluding hydrogens is 238 g/mol. The highest BCUT2D eigenvalue weighted by Crippen LogP contribution is 2.17. The van der Waals surface area contributed by atoms with Gasteiger partial charge < -0.3 is 9.88 Å². The van der Waals surface area contributed by atoms with Crippen molar-refractivity contribution in [2.75, 3.05) is 5.32 Å². The Kier molecular flexibility index (Phi) is 4.00. The van der Waals surface area contributed by atoms with E-state index in [-0.39, 0.29) is 5.91 Å². The summed E-state index contributed by atoms with van der Waals surface area (Å²) in [5, 5.41) is 2.89. The quantitative estimate of drug-likeness (QED) is 0.915. The number of carbonyl (C=O) groups is 1. The molecule has 0 atom stereocenters. The molecule has 0 radical (unpaired) electrons. The van der Waals surface area contributed by atoms with Gasteiger partial charge in [0.25, 0.3) is 0 Å². The Morgan fingerprint density at radius 2 is 2.00 bits per heavy atom. The predicted molar refractivity (Wildman–Crippen MR) is 76.1 cm³/mol. The molecule has 1 aromatic carbocycles. The summed E-state index contributed by atoms with van der Waals surface area (Å²) in [6, 6.07) is 7.97. The second-order valence-corrected chi connectivity index (χ2v) is 5.00. The first kappa shape index (κ1) is 13.3. The zero-order chi connectivity index (χ0) is 13.8. The molecule has 0 unspecified atom stereocenters. The number of aryl methyl sites for hydroxylation is 1. The summed E-state index contributed by atoms with van der Waals surface area (Å²) in [5.74, 6) is 0.472. The number of carbonyl (C=O) groups excluding carboxylic acids is 1. The molecule has 0 aliphatic heterocycles. The van der Waals surface area contributed by atoms with Gasteiger partial charge in [0.1, 0.15) is 0 Å². The number of nitrogens with one attached hydrogen (secondary N) is 1. The van der Waals surface area contributed by atoms with Crippen LogP contribution in [0.2, 0.25) is 0 Å². The second-order valence-electron chi connectivity index (χ2n) is 5.00. The number of benzene rings is 1. The molecule has 0 aliphatic carbocycles. The maximum absolute atomic E-state index is 11.9. The molecule has 1 N–H and O–H groups in total. The maximum Gasteiger partial charge on any atom is 0.230 e. The average Bonchev–Trinajstić information content (AvgIpc) is 2.75. The molecule has 1 amide bonds. The summed E-state index contributed by atoms with van der Waals surface area (Å²) >= 11 is 0. The van der Waals surface area contributed by atoms with Gasteiger partial charge in [0.2, 0.25) is 5.91 Å². The van der Waals surface area contributed by atoms with E-state index < -0.39 is 0 Å². The van der Waals surface area contributed by atoms with Crippen LogP contribution in [-0.2, 0) is 18.3 Å². The van der Waals surface area contributed by atoms with Crippen LogP contribution in [0.5, 0.6) is 0 Å². The first-order valence-corrected chi connectivity index (χ1v) is 6.41. The zero-order valence-corrected chi connectivity index (χ0v) is 11.6. The number of rotatable bonds is 4. The van der Waals surface area contributed by atoms with Crippen LogP contribution in [0, 0.1) is 0 Å². The molecule has 4 nitrogen and oxygen atoms in total. The standard InChI is InChI=1S/C15H19N3O/c1-11(2)12-4-6-13(7-5-12)17-15(19)8-14-9-16-10-18(14)3/h4-7,9-11H,8H2,1-3H3,(H,17,19). The fourth-order valence-electron chi connectivity index (χ4n) is 1.88. The van der Waals surface area contributed by atoms with Crippen molar-refractivity contribution >= 4 is 11.6 Å². The minimum Gasteiger partial charge on any atom is -0.337 e. The first-order chi connectivity index (χ1) is 9.06. The molecule has 0 spiro atoms. The summed E-state index contributed by atoms with van der Waals surface area (Å²) in [6.45, 7) is 4.30. The van der Waals surface area contributed by atoms with Crippen LogP contribution in [0.1, 0.15) is 31.0 Å². The SMILES string of the molecule is CC(C)c1ccc(NC(=O)Cc2cncn2C)cc1.